The first-order valence-corrected chi connectivity index (χ1v) is 6.27. The first-order valence-electron chi connectivity index (χ1n) is 5.47. The average molecular weight is 280 g/mol. The van der Waals surface area contributed by atoms with Gasteiger partial charge in [0.15, 0.2) is 0 Å². The second-order valence-corrected chi connectivity index (χ2v) is 5.56. The number of halogens is 1. The van der Waals surface area contributed by atoms with E-state index in [1.54, 1.807) is 0 Å². The molecule has 0 spiro atoms. The van der Waals surface area contributed by atoms with Crippen molar-refractivity contribution in [3.05, 3.63) is 28.4 Å². The third-order valence-electron chi connectivity index (χ3n) is 3.32. The van der Waals surface area contributed by atoms with Gasteiger partial charge in [-0.25, -0.2) is 0 Å². The maximum atomic E-state index is 6.13. The zero-order valence-corrected chi connectivity index (χ0v) is 10.8. The second kappa shape index (κ2) is 3.31. The number of hydrogen-bond donors (Lipinski definition) is 1. The van der Waals surface area contributed by atoms with Gasteiger partial charge in [-0.2, -0.15) is 5.10 Å². The van der Waals surface area contributed by atoms with Crippen molar-refractivity contribution in [2.45, 2.75) is 24.8 Å². The highest BCUT2D eigenvalue weighted by atomic mass is 79.9. The molecule has 2 N–H and O–H groups in total. The molecule has 1 heterocycles. The van der Waals surface area contributed by atoms with E-state index >= 15 is 0 Å². The summed E-state index contributed by atoms with van der Waals surface area (Å²) >= 11 is 3.46. The van der Waals surface area contributed by atoms with Crippen LogP contribution >= 0.6 is 15.9 Å². The Morgan fingerprint density at radius 3 is 2.94 bits per heavy atom. The largest absolute Gasteiger partial charge is 0.325 e. The molecule has 1 saturated carbocycles. The molecule has 1 aromatic carbocycles. The van der Waals surface area contributed by atoms with E-state index in [9.17, 15) is 0 Å². The van der Waals surface area contributed by atoms with Crippen LogP contribution in [0.5, 0.6) is 0 Å². The molecule has 16 heavy (non-hydrogen) atoms. The Kier molecular flexibility index (Phi) is 2.13. The summed E-state index contributed by atoms with van der Waals surface area (Å²) in [6, 6.07) is 6.47. The Labute approximate surface area is 103 Å². The highest BCUT2D eigenvalue weighted by Crippen LogP contribution is 2.36. The van der Waals surface area contributed by atoms with Gasteiger partial charge in [0.2, 0.25) is 0 Å². The molecule has 1 fully saturated rings. The minimum atomic E-state index is 0.0729. The van der Waals surface area contributed by atoms with Crippen LogP contribution in [0.15, 0.2) is 22.8 Å². The summed E-state index contributed by atoms with van der Waals surface area (Å²) in [5.41, 5.74) is 8.68. The Bertz CT molecular complexity index is 555. The van der Waals surface area contributed by atoms with Gasteiger partial charge in [0.05, 0.1) is 5.52 Å². The summed E-state index contributed by atoms with van der Waals surface area (Å²) < 4.78 is 2.81. The van der Waals surface area contributed by atoms with E-state index in [2.05, 4.69) is 39.2 Å². The predicted octanol–water partition coefficient (Wildman–Crippen LogP) is 2.37. The van der Waals surface area contributed by atoms with Crippen LogP contribution in [0.25, 0.3) is 10.9 Å². The van der Waals surface area contributed by atoms with Crippen LogP contribution in [0.4, 0.5) is 0 Å². The normalized spacial score (nSPS) is 17.9. The molecule has 0 unspecified atom stereocenters. The number of hydrogen-bond acceptors (Lipinski definition) is 2. The van der Waals surface area contributed by atoms with Crippen LogP contribution in [0.2, 0.25) is 0 Å². The number of fused-ring (bicyclic) bond motifs is 1. The summed E-state index contributed by atoms with van der Waals surface area (Å²) in [5.74, 6) is 0. The molecule has 84 valence electrons. The third kappa shape index (κ3) is 1.66. The van der Waals surface area contributed by atoms with Gasteiger partial charge in [0, 0.05) is 18.0 Å². The van der Waals surface area contributed by atoms with Crippen molar-refractivity contribution < 1.29 is 0 Å². The predicted molar refractivity (Wildman–Crippen MR) is 68.3 cm³/mol. The Hall–Kier alpha value is -0.870. The molecule has 0 aliphatic heterocycles. The molecule has 3 nitrogen and oxygen atoms in total. The van der Waals surface area contributed by atoms with Crippen LogP contribution in [0.1, 0.15) is 18.4 Å². The SMILES string of the molecule is Cn1nc(Br)c2ccc(CC3(N)CC3)cc21. The first kappa shape index (κ1) is 10.3. The van der Waals surface area contributed by atoms with Crippen LogP contribution < -0.4 is 5.73 Å². The van der Waals surface area contributed by atoms with Crippen molar-refractivity contribution in [1.29, 1.82) is 0 Å². The van der Waals surface area contributed by atoms with E-state index in [-0.39, 0.29) is 5.54 Å². The van der Waals surface area contributed by atoms with Crippen molar-refractivity contribution in [2.24, 2.45) is 12.8 Å². The Morgan fingerprint density at radius 1 is 1.50 bits per heavy atom. The summed E-state index contributed by atoms with van der Waals surface area (Å²) in [6.07, 6.45) is 3.28. The van der Waals surface area contributed by atoms with E-state index in [1.807, 2.05) is 11.7 Å². The molecule has 1 aliphatic carbocycles. The lowest BCUT2D eigenvalue weighted by Crippen LogP contribution is -2.24. The quantitative estimate of drug-likeness (QED) is 0.917. The number of nitrogens with zero attached hydrogens (tertiary/aromatic N) is 2. The fourth-order valence-corrected chi connectivity index (χ4v) is 2.69. The highest BCUT2D eigenvalue weighted by Gasteiger charge is 2.37. The van der Waals surface area contributed by atoms with E-state index in [0.717, 1.165) is 34.8 Å². The van der Waals surface area contributed by atoms with Gasteiger partial charge in [-0.05, 0) is 52.9 Å². The van der Waals surface area contributed by atoms with Crippen molar-refractivity contribution in [2.75, 3.05) is 0 Å². The summed E-state index contributed by atoms with van der Waals surface area (Å²) in [6.45, 7) is 0. The molecule has 0 radical (unpaired) electrons. The number of aromatic nitrogens is 2. The summed E-state index contributed by atoms with van der Waals surface area (Å²) in [4.78, 5) is 0. The number of rotatable bonds is 2. The van der Waals surface area contributed by atoms with Crippen LogP contribution in [-0.4, -0.2) is 15.3 Å². The molecule has 0 saturated heterocycles. The Morgan fingerprint density at radius 2 is 2.25 bits per heavy atom. The lowest BCUT2D eigenvalue weighted by Gasteiger charge is -2.08. The number of benzene rings is 1. The zero-order chi connectivity index (χ0) is 11.3. The van der Waals surface area contributed by atoms with Crippen molar-refractivity contribution in [1.82, 2.24) is 9.78 Å². The second-order valence-electron chi connectivity index (χ2n) is 4.81. The van der Waals surface area contributed by atoms with Gasteiger partial charge in [-0.15, -0.1) is 0 Å². The van der Waals surface area contributed by atoms with E-state index in [4.69, 9.17) is 5.73 Å². The van der Waals surface area contributed by atoms with E-state index in [1.165, 1.54) is 5.56 Å². The topological polar surface area (TPSA) is 43.8 Å². The molecule has 0 bridgehead atoms. The molecule has 2 aromatic rings. The maximum absolute atomic E-state index is 6.13. The Balaban J connectivity index is 2.04. The maximum Gasteiger partial charge on any atom is 0.135 e. The standard InChI is InChI=1S/C12H14BrN3/c1-16-10-6-8(7-12(14)4-5-12)2-3-9(10)11(13)15-16/h2-3,6H,4-5,7,14H2,1H3. The van der Waals surface area contributed by atoms with Gasteiger partial charge in [0.25, 0.3) is 0 Å². The van der Waals surface area contributed by atoms with Crippen molar-refractivity contribution in [3.63, 3.8) is 0 Å². The highest BCUT2D eigenvalue weighted by molar-refractivity contribution is 9.10. The van der Waals surface area contributed by atoms with Crippen molar-refractivity contribution >= 4 is 26.8 Å². The summed E-state index contributed by atoms with van der Waals surface area (Å²) in [7, 11) is 1.96. The monoisotopic (exact) mass is 279 g/mol. The average Bonchev–Trinajstić information content (AvgIpc) is 2.88. The van der Waals surface area contributed by atoms with Gasteiger partial charge in [0.1, 0.15) is 4.60 Å². The number of aryl methyl sites for hydroxylation is 1. The lowest BCUT2D eigenvalue weighted by atomic mass is 10.0. The van der Waals surface area contributed by atoms with Gasteiger partial charge in [-0.1, -0.05) is 6.07 Å². The van der Waals surface area contributed by atoms with Gasteiger partial charge in [-0.3, -0.25) is 4.68 Å². The minimum absolute atomic E-state index is 0.0729. The third-order valence-corrected chi connectivity index (χ3v) is 3.91. The fraction of sp³-hybridized carbons (Fsp3) is 0.417. The van der Waals surface area contributed by atoms with E-state index < -0.39 is 0 Å². The zero-order valence-electron chi connectivity index (χ0n) is 9.20. The molecular formula is C12H14BrN3. The lowest BCUT2D eigenvalue weighted by molar-refractivity contribution is 0.672. The van der Waals surface area contributed by atoms with Crippen LogP contribution in [0.3, 0.4) is 0 Å². The molecule has 1 aromatic heterocycles. The fourth-order valence-electron chi connectivity index (χ4n) is 2.11. The van der Waals surface area contributed by atoms with Crippen LogP contribution in [-0.2, 0) is 13.5 Å². The molecule has 1 aliphatic rings. The van der Waals surface area contributed by atoms with Gasteiger partial charge >= 0.3 is 0 Å². The molecule has 0 atom stereocenters. The minimum Gasteiger partial charge on any atom is -0.325 e. The van der Waals surface area contributed by atoms with E-state index in [0.29, 0.717) is 0 Å². The molecular weight excluding hydrogens is 266 g/mol. The molecule has 4 heteroatoms. The smallest absolute Gasteiger partial charge is 0.135 e. The first-order chi connectivity index (χ1) is 7.57. The van der Waals surface area contributed by atoms with Gasteiger partial charge < -0.3 is 5.73 Å². The summed E-state index contributed by atoms with van der Waals surface area (Å²) in [5, 5.41) is 5.51. The van der Waals surface area contributed by atoms with Crippen LogP contribution in [0, 0.1) is 0 Å². The van der Waals surface area contributed by atoms with Crippen molar-refractivity contribution in [3.8, 4) is 0 Å². The molecule has 0 amide bonds. The molecule has 3 rings (SSSR count). The number of nitrogens with two attached hydrogens (primary N) is 1.